The van der Waals surface area contributed by atoms with E-state index in [0.29, 0.717) is 10.6 Å². The van der Waals surface area contributed by atoms with Crippen molar-refractivity contribution < 1.29 is 4.79 Å². The molecule has 2 aromatic carbocycles. The minimum atomic E-state index is -0.401. The monoisotopic (exact) mass is 282 g/mol. The minimum Gasteiger partial charge on any atom is -0.360 e. The third-order valence-electron chi connectivity index (χ3n) is 2.64. The third-order valence-corrected chi connectivity index (χ3v) is 2.97. The highest BCUT2D eigenvalue weighted by atomic mass is 35.5. The van der Waals surface area contributed by atoms with E-state index < -0.39 is 5.78 Å². The lowest BCUT2D eigenvalue weighted by Crippen LogP contribution is -2.05. The molecule has 0 aliphatic carbocycles. The van der Waals surface area contributed by atoms with Gasteiger partial charge in [0.25, 0.3) is 0 Å². The molecule has 0 aromatic heterocycles. The lowest BCUT2D eigenvalue weighted by Gasteiger charge is -2.03. The molecular weight excluding hydrogens is 272 g/mol. The molecule has 0 spiro atoms. The third kappa shape index (κ3) is 3.25. The maximum Gasteiger partial charge on any atom is 0.206 e. The van der Waals surface area contributed by atoms with Gasteiger partial charge in [-0.05, 0) is 24.3 Å². The van der Waals surface area contributed by atoms with E-state index in [4.69, 9.17) is 16.9 Å². The molecule has 2 aromatic rings. The van der Waals surface area contributed by atoms with E-state index in [-0.39, 0.29) is 5.57 Å². The maximum atomic E-state index is 12.2. The Bertz CT molecular complexity index is 687. The molecule has 0 heterocycles. The molecule has 0 aliphatic heterocycles. The summed E-state index contributed by atoms with van der Waals surface area (Å²) in [4.78, 5) is 12.2. The second-order valence-corrected chi connectivity index (χ2v) is 4.40. The second kappa shape index (κ2) is 6.55. The number of hydrogen-bond donors (Lipinski definition) is 1. The van der Waals surface area contributed by atoms with Crippen molar-refractivity contribution in [2.45, 2.75) is 0 Å². The number of benzene rings is 2. The van der Waals surface area contributed by atoms with Crippen molar-refractivity contribution >= 4 is 23.1 Å². The van der Waals surface area contributed by atoms with E-state index in [1.165, 1.54) is 6.20 Å². The molecule has 0 amide bonds. The summed E-state index contributed by atoms with van der Waals surface area (Å²) in [6.07, 6.45) is 1.39. The molecule has 2 rings (SSSR count). The first kappa shape index (κ1) is 13.9. The standard InChI is InChI=1S/C16H11ClN2O/c17-15-9-5-4-8-14(15)16(20)12(10-18)11-19-13-6-2-1-3-7-13/h1-9,11,19H. The molecule has 0 saturated heterocycles. The number of ketones is 1. The first-order valence-corrected chi connectivity index (χ1v) is 6.31. The van der Waals surface area contributed by atoms with E-state index in [1.54, 1.807) is 24.3 Å². The Balaban J connectivity index is 2.23. The zero-order valence-corrected chi connectivity index (χ0v) is 11.3. The Morgan fingerprint density at radius 3 is 2.40 bits per heavy atom. The largest absolute Gasteiger partial charge is 0.360 e. The molecule has 20 heavy (non-hydrogen) atoms. The average molecular weight is 283 g/mol. The molecule has 0 radical (unpaired) electrons. The zero-order chi connectivity index (χ0) is 14.4. The number of Topliss-reactive ketones (excluding diaryl/α,β-unsaturated/α-hetero) is 1. The molecule has 0 atom stereocenters. The van der Waals surface area contributed by atoms with Gasteiger partial charge in [0, 0.05) is 17.5 Å². The first-order chi connectivity index (χ1) is 9.72. The fraction of sp³-hybridized carbons (Fsp3) is 0. The molecule has 1 N–H and O–H groups in total. The van der Waals surface area contributed by atoms with Gasteiger partial charge in [-0.15, -0.1) is 0 Å². The van der Waals surface area contributed by atoms with Crippen LogP contribution >= 0.6 is 11.6 Å². The van der Waals surface area contributed by atoms with Crippen molar-refractivity contribution in [1.82, 2.24) is 0 Å². The number of rotatable bonds is 4. The lowest BCUT2D eigenvalue weighted by molar-refractivity contribution is 0.103. The summed E-state index contributed by atoms with van der Waals surface area (Å²) in [6, 6.07) is 17.8. The van der Waals surface area contributed by atoms with Crippen LogP contribution in [0.2, 0.25) is 5.02 Å². The first-order valence-electron chi connectivity index (χ1n) is 5.93. The fourth-order valence-electron chi connectivity index (χ4n) is 1.63. The summed E-state index contributed by atoms with van der Waals surface area (Å²) in [7, 11) is 0. The number of nitrogens with zero attached hydrogens (tertiary/aromatic N) is 1. The average Bonchev–Trinajstić information content (AvgIpc) is 2.49. The van der Waals surface area contributed by atoms with Crippen LogP contribution in [-0.2, 0) is 0 Å². The molecule has 4 heteroatoms. The van der Waals surface area contributed by atoms with E-state index in [1.807, 2.05) is 36.4 Å². The molecule has 98 valence electrons. The summed E-state index contributed by atoms with van der Waals surface area (Å²) >= 11 is 5.96. The van der Waals surface area contributed by atoms with Crippen LogP contribution in [0.4, 0.5) is 5.69 Å². The van der Waals surface area contributed by atoms with Gasteiger partial charge >= 0.3 is 0 Å². The van der Waals surface area contributed by atoms with Crippen LogP contribution in [0.25, 0.3) is 0 Å². The Morgan fingerprint density at radius 2 is 1.75 bits per heavy atom. The van der Waals surface area contributed by atoms with Crippen molar-refractivity contribution in [3.05, 3.63) is 77.0 Å². The number of anilines is 1. The lowest BCUT2D eigenvalue weighted by atomic mass is 10.1. The van der Waals surface area contributed by atoms with Crippen molar-refractivity contribution in [2.24, 2.45) is 0 Å². The highest BCUT2D eigenvalue weighted by Gasteiger charge is 2.14. The van der Waals surface area contributed by atoms with E-state index in [9.17, 15) is 4.79 Å². The van der Waals surface area contributed by atoms with Crippen molar-refractivity contribution in [2.75, 3.05) is 5.32 Å². The summed E-state index contributed by atoms with van der Waals surface area (Å²) < 4.78 is 0. The van der Waals surface area contributed by atoms with E-state index >= 15 is 0 Å². The van der Waals surface area contributed by atoms with Crippen LogP contribution in [0.15, 0.2) is 66.4 Å². The number of halogens is 1. The van der Waals surface area contributed by atoms with Gasteiger partial charge in [0.1, 0.15) is 11.6 Å². The Hall–Kier alpha value is -2.57. The number of para-hydroxylation sites is 1. The fourth-order valence-corrected chi connectivity index (χ4v) is 1.85. The quantitative estimate of drug-likeness (QED) is 0.523. The van der Waals surface area contributed by atoms with Gasteiger partial charge in [0.15, 0.2) is 0 Å². The number of carbonyl (C=O) groups is 1. The molecule has 0 fully saturated rings. The van der Waals surface area contributed by atoms with Gasteiger partial charge in [-0.1, -0.05) is 41.9 Å². The maximum absolute atomic E-state index is 12.2. The number of nitrogens with one attached hydrogen (secondary N) is 1. The summed E-state index contributed by atoms with van der Waals surface area (Å²) in [5.41, 5.74) is 1.12. The predicted molar refractivity (Wildman–Crippen MR) is 79.5 cm³/mol. The summed E-state index contributed by atoms with van der Waals surface area (Å²) in [5, 5.41) is 12.4. The van der Waals surface area contributed by atoms with Crippen LogP contribution in [0.3, 0.4) is 0 Å². The number of hydrogen-bond acceptors (Lipinski definition) is 3. The number of allylic oxidation sites excluding steroid dienone is 1. The summed E-state index contributed by atoms with van der Waals surface area (Å²) in [5.74, 6) is -0.401. The highest BCUT2D eigenvalue weighted by Crippen LogP contribution is 2.18. The molecule has 0 aliphatic rings. The van der Waals surface area contributed by atoms with E-state index in [2.05, 4.69) is 5.32 Å². The topological polar surface area (TPSA) is 52.9 Å². The molecule has 0 unspecified atom stereocenters. The molecule has 3 nitrogen and oxygen atoms in total. The van der Waals surface area contributed by atoms with E-state index in [0.717, 1.165) is 5.69 Å². The Morgan fingerprint density at radius 1 is 1.10 bits per heavy atom. The molecular formula is C16H11ClN2O. The normalized spacial score (nSPS) is 10.7. The minimum absolute atomic E-state index is 0.00181. The van der Waals surface area contributed by atoms with Gasteiger partial charge in [-0.3, -0.25) is 4.79 Å². The smallest absolute Gasteiger partial charge is 0.206 e. The van der Waals surface area contributed by atoms with Crippen LogP contribution in [0.5, 0.6) is 0 Å². The highest BCUT2D eigenvalue weighted by molar-refractivity contribution is 6.35. The van der Waals surface area contributed by atoms with Crippen molar-refractivity contribution in [3.8, 4) is 6.07 Å². The van der Waals surface area contributed by atoms with Crippen LogP contribution in [0.1, 0.15) is 10.4 Å². The number of nitriles is 1. The van der Waals surface area contributed by atoms with Gasteiger partial charge in [-0.25, -0.2) is 0 Å². The van der Waals surface area contributed by atoms with Gasteiger partial charge in [0.2, 0.25) is 5.78 Å². The predicted octanol–water partition coefficient (Wildman–Crippen LogP) is 4.04. The van der Waals surface area contributed by atoms with Gasteiger partial charge < -0.3 is 5.32 Å². The molecule has 0 bridgehead atoms. The second-order valence-electron chi connectivity index (χ2n) is 3.99. The van der Waals surface area contributed by atoms with Gasteiger partial charge in [-0.2, -0.15) is 5.26 Å². The van der Waals surface area contributed by atoms with Crippen LogP contribution in [0, 0.1) is 11.3 Å². The van der Waals surface area contributed by atoms with Crippen molar-refractivity contribution in [3.63, 3.8) is 0 Å². The SMILES string of the molecule is N#CC(=CNc1ccccc1)C(=O)c1ccccc1Cl. The molecule has 0 saturated carbocycles. The van der Waals surface area contributed by atoms with Crippen molar-refractivity contribution in [1.29, 1.82) is 5.26 Å². The Kier molecular flexibility index (Phi) is 4.54. The van der Waals surface area contributed by atoms with Gasteiger partial charge in [0.05, 0.1) is 5.02 Å². The Labute approximate surface area is 122 Å². The summed E-state index contributed by atoms with van der Waals surface area (Å²) in [6.45, 7) is 0. The van der Waals surface area contributed by atoms with Crippen LogP contribution in [-0.4, -0.2) is 5.78 Å². The zero-order valence-electron chi connectivity index (χ0n) is 10.5. The van der Waals surface area contributed by atoms with Crippen LogP contribution < -0.4 is 5.32 Å². The number of carbonyl (C=O) groups excluding carboxylic acids is 1.